The van der Waals surface area contributed by atoms with Crippen LogP contribution in [0.3, 0.4) is 0 Å². The summed E-state index contributed by atoms with van der Waals surface area (Å²) in [6, 6.07) is 0. The van der Waals surface area contributed by atoms with Gasteiger partial charge in [-0.15, -0.1) is 0 Å². The van der Waals surface area contributed by atoms with E-state index in [0.717, 1.165) is 83.5 Å². The molecule has 0 aromatic carbocycles. The number of unbranched alkanes of at least 4 members (excludes halogenated alkanes) is 20. The van der Waals surface area contributed by atoms with Crippen LogP contribution in [0.5, 0.6) is 0 Å². The van der Waals surface area contributed by atoms with Crippen molar-refractivity contribution in [2.45, 2.75) is 245 Å². The van der Waals surface area contributed by atoms with Crippen LogP contribution in [0.25, 0.3) is 0 Å². The highest BCUT2D eigenvalue weighted by atomic mass is 16.6. The topological polar surface area (TPSA) is 61.8 Å². The molecule has 1 atom stereocenters. The first kappa shape index (κ1) is 62.6. The van der Waals surface area contributed by atoms with Crippen LogP contribution >= 0.6 is 0 Å². The molecule has 0 aromatic heterocycles. The Labute approximate surface area is 408 Å². The van der Waals surface area contributed by atoms with Crippen molar-refractivity contribution in [3.63, 3.8) is 0 Å². The monoisotopic (exact) mass is 915 g/mol. The molecule has 0 spiro atoms. The molecule has 376 valence electrons. The molecular formula is C61H102O5. The van der Waals surface area contributed by atoms with E-state index in [0.29, 0.717) is 25.9 Å². The number of carbonyl (C=O) groups is 2. The van der Waals surface area contributed by atoms with Gasteiger partial charge in [0, 0.05) is 19.4 Å². The van der Waals surface area contributed by atoms with Gasteiger partial charge in [0.15, 0.2) is 6.10 Å². The largest absolute Gasteiger partial charge is 0.462 e. The number of carbonyl (C=O) groups excluding carboxylic acids is 2. The fraction of sp³-hybridized carbons (Fsp3) is 0.672. The van der Waals surface area contributed by atoms with Crippen LogP contribution in [0.1, 0.15) is 239 Å². The predicted octanol–water partition coefficient (Wildman–Crippen LogP) is 18.8. The van der Waals surface area contributed by atoms with E-state index < -0.39 is 6.10 Å². The molecule has 0 aromatic rings. The van der Waals surface area contributed by atoms with E-state index in [1.165, 1.54) is 116 Å². The minimum Gasteiger partial charge on any atom is -0.462 e. The third kappa shape index (κ3) is 53.2. The Morgan fingerprint density at radius 3 is 1.18 bits per heavy atom. The van der Waals surface area contributed by atoms with Gasteiger partial charge in [0.25, 0.3) is 0 Å². The first-order valence-electron chi connectivity index (χ1n) is 27.4. The molecule has 0 fully saturated rings. The summed E-state index contributed by atoms with van der Waals surface area (Å²) >= 11 is 0. The summed E-state index contributed by atoms with van der Waals surface area (Å²) in [6.45, 7) is 7.58. The van der Waals surface area contributed by atoms with E-state index in [1.54, 1.807) is 0 Å². The predicted molar refractivity (Wildman–Crippen MR) is 288 cm³/mol. The van der Waals surface area contributed by atoms with Crippen molar-refractivity contribution in [3.05, 3.63) is 109 Å². The second-order valence-corrected chi connectivity index (χ2v) is 17.8. The van der Waals surface area contributed by atoms with Crippen molar-refractivity contribution < 1.29 is 23.8 Å². The second-order valence-electron chi connectivity index (χ2n) is 17.8. The summed E-state index contributed by atoms with van der Waals surface area (Å²) in [6.07, 6.45) is 76.9. The van der Waals surface area contributed by atoms with Crippen molar-refractivity contribution >= 4 is 11.9 Å². The lowest BCUT2D eigenvalue weighted by Gasteiger charge is -2.18. The van der Waals surface area contributed by atoms with Gasteiger partial charge in [0.1, 0.15) is 6.61 Å². The van der Waals surface area contributed by atoms with Gasteiger partial charge in [-0.2, -0.15) is 0 Å². The van der Waals surface area contributed by atoms with Crippen LogP contribution in [0, 0.1) is 0 Å². The van der Waals surface area contributed by atoms with Gasteiger partial charge in [-0.05, 0) is 96.3 Å². The molecule has 66 heavy (non-hydrogen) atoms. The third-order valence-corrected chi connectivity index (χ3v) is 11.3. The first-order valence-corrected chi connectivity index (χ1v) is 27.4. The van der Waals surface area contributed by atoms with Crippen LogP contribution in [-0.2, 0) is 23.8 Å². The molecule has 0 N–H and O–H groups in total. The van der Waals surface area contributed by atoms with Gasteiger partial charge >= 0.3 is 11.9 Å². The summed E-state index contributed by atoms with van der Waals surface area (Å²) < 4.78 is 17.3. The molecule has 1 unspecified atom stereocenters. The quantitative estimate of drug-likeness (QED) is 0.0346. The summed E-state index contributed by atoms with van der Waals surface area (Å²) in [5.74, 6) is -0.501. The van der Waals surface area contributed by atoms with Crippen LogP contribution in [0.2, 0.25) is 0 Å². The molecular weight excluding hydrogens is 813 g/mol. The smallest absolute Gasteiger partial charge is 0.306 e. The highest BCUT2D eigenvalue weighted by Gasteiger charge is 2.17. The fourth-order valence-corrected chi connectivity index (χ4v) is 7.25. The Morgan fingerprint density at radius 2 is 0.712 bits per heavy atom. The zero-order valence-corrected chi connectivity index (χ0v) is 43.2. The van der Waals surface area contributed by atoms with Crippen molar-refractivity contribution in [2.75, 3.05) is 19.8 Å². The van der Waals surface area contributed by atoms with Gasteiger partial charge < -0.3 is 14.2 Å². The summed E-state index contributed by atoms with van der Waals surface area (Å²) in [5, 5.41) is 0. The standard InChI is InChI=1S/C61H102O5/c1-4-7-10-13-16-19-22-24-26-28-30-32-34-36-38-41-44-47-50-53-56-64-57-59(66-61(63)55-52-49-46-43-39-21-18-15-12-9-6-3)58-65-60(62)54-51-48-45-42-40-37-35-33-31-29-27-25-23-20-17-14-11-8-5-2/h8,11,16-17,19-20,24-27,30-33,37,40,45,48,59H,4-7,9-10,12-15,18,21-23,28-29,34-36,38-39,41-44,46-47,49-58H2,1-3H3/b11-8-,19-16-,20-17-,26-24-,27-25-,32-30-,33-31-,40-37-,48-45-. The van der Waals surface area contributed by atoms with E-state index in [9.17, 15) is 9.59 Å². The maximum absolute atomic E-state index is 12.8. The van der Waals surface area contributed by atoms with Crippen molar-refractivity contribution in [2.24, 2.45) is 0 Å². The fourth-order valence-electron chi connectivity index (χ4n) is 7.25. The zero-order chi connectivity index (χ0) is 47.7. The molecule has 0 saturated carbocycles. The van der Waals surface area contributed by atoms with Crippen LogP contribution < -0.4 is 0 Å². The second kappa shape index (κ2) is 55.9. The van der Waals surface area contributed by atoms with E-state index >= 15 is 0 Å². The van der Waals surface area contributed by atoms with Gasteiger partial charge in [-0.1, -0.05) is 239 Å². The van der Waals surface area contributed by atoms with Crippen molar-refractivity contribution in [1.29, 1.82) is 0 Å². The lowest BCUT2D eigenvalue weighted by Crippen LogP contribution is -2.30. The maximum Gasteiger partial charge on any atom is 0.306 e. The van der Waals surface area contributed by atoms with E-state index in [2.05, 4.69) is 124 Å². The number of ether oxygens (including phenoxy) is 3. The lowest BCUT2D eigenvalue weighted by molar-refractivity contribution is -0.162. The van der Waals surface area contributed by atoms with E-state index in [4.69, 9.17) is 14.2 Å². The molecule has 0 aliphatic rings. The van der Waals surface area contributed by atoms with E-state index in [-0.39, 0.29) is 25.2 Å². The molecule has 0 saturated heterocycles. The molecule has 0 aliphatic carbocycles. The molecule has 5 heteroatoms. The van der Waals surface area contributed by atoms with Crippen LogP contribution in [-0.4, -0.2) is 37.9 Å². The molecule has 0 bridgehead atoms. The summed E-state index contributed by atoms with van der Waals surface area (Å²) in [5.41, 5.74) is 0. The van der Waals surface area contributed by atoms with Crippen LogP contribution in [0.4, 0.5) is 0 Å². The van der Waals surface area contributed by atoms with Gasteiger partial charge in [-0.3, -0.25) is 9.59 Å². The Morgan fingerprint density at radius 1 is 0.348 bits per heavy atom. The maximum atomic E-state index is 12.8. The molecule has 0 radical (unpaired) electrons. The number of rotatable bonds is 49. The van der Waals surface area contributed by atoms with E-state index in [1.807, 2.05) is 6.08 Å². The Bertz CT molecular complexity index is 1310. The molecule has 0 amide bonds. The molecule has 5 nitrogen and oxygen atoms in total. The minimum atomic E-state index is -0.577. The molecule has 0 aliphatic heterocycles. The SMILES string of the molecule is CC/C=C\C/C=C\C/C=C\C/C=C\C/C=C\C/C=C\CCC(=O)OCC(COCCCCCCCCC/C=C\C/C=C\C/C=C\CCCCC)OC(=O)CCCCCCCCCCCCC. The average molecular weight is 915 g/mol. The molecule has 0 rings (SSSR count). The number of hydrogen-bond acceptors (Lipinski definition) is 5. The highest BCUT2D eigenvalue weighted by Crippen LogP contribution is 2.14. The molecule has 0 heterocycles. The van der Waals surface area contributed by atoms with Crippen molar-refractivity contribution in [1.82, 2.24) is 0 Å². The highest BCUT2D eigenvalue weighted by molar-refractivity contribution is 5.70. The third-order valence-electron chi connectivity index (χ3n) is 11.3. The Hall–Kier alpha value is -3.44. The minimum absolute atomic E-state index is 0.0370. The summed E-state index contributed by atoms with van der Waals surface area (Å²) in [4.78, 5) is 25.4. The number of hydrogen-bond donors (Lipinski definition) is 0. The Kier molecular flexibility index (Phi) is 53.0. The van der Waals surface area contributed by atoms with Gasteiger partial charge in [-0.25, -0.2) is 0 Å². The summed E-state index contributed by atoms with van der Waals surface area (Å²) in [7, 11) is 0. The Balaban J connectivity index is 4.37. The number of esters is 2. The average Bonchev–Trinajstić information content (AvgIpc) is 3.32. The normalized spacial score (nSPS) is 13.1. The van der Waals surface area contributed by atoms with Crippen molar-refractivity contribution in [3.8, 4) is 0 Å². The first-order chi connectivity index (χ1) is 32.6. The number of allylic oxidation sites excluding steroid dienone is 18. The zero-order valence-electron chi connectivity index (χ0n) is 43.2. The van der Waals surface area contributed by atoms with Gasteiger partial charge in [0.05, 0.1) is 6.61 Å². The van der Waals surface area contributed by atoms with Crippen LogP contribution in [0.15, 0.2) is 109 Å². The van der Waals surface area contributed by atoms with Gasteiger partial charge in [0.2, 0.25) is 0 Å². The lowest BCUT2D eigenvalue weighted by atomic mass is 10.1.